The third-order valence-electron chi connectivity index (χ3n) is 4.33. The van der Waals surface area contributed by atoms with E-state index in [0.717, 1.165) is 41.7 Å². The molecule has 0 amide bonds. The van der Waals surface area contributed by atoms with Crippen molar-refractivity contribution < 1.29 is 4.42 Å². The van der Waals surface area contributed by atoms with Crippen molar-refractivity contribution in [3.8, 4) is 11.1 Å². The third kappa shape index (κ3) is 2.40. The molecule has 114 valence electrons. The van der Waals surface area contributed by atoms with Gasteiger partial charge in [0.05, 0.1) is 5.69 Å². The number of hydrogen-bond donors (Lipinski definition) is 0. The second-order valence-electron chi connectivity index (χ2n) is 5.89. The maximum Gasteiger partial charge on any atom is 0.157 e. The van der Waals surface area contributed by atoms with Crippen LogP contribution in [0.3, 0.4) is 0 Å². The first-order valence-corrected chi connectivity index (χ1v) is 8.23. The van der Waals surface area contributed by atoms with E-state index < -0.39 is 0 Å². The minimum atomic E-state index is 0.936. The lowest BCUT2D eigenvalue weighted by atomic mass is 10.00. The zero-order valence-corrected chi connectivity index (χ0v) is 13.3. The van der Waals surface area contributed by atoms with Crippen molar-refractivity contribution in [2.45, 2.75) is 26.2 Å². The van der Waals surface area contributed by atoms with Crippen molar-refractivity contribution in [1.29, 1.82) is 0 Å². The number of rotatable bonds is 4. The highest BCUT2D eigenvalue weighted by atomic mass is 16.3. The highest BCUT2D eigenvalue weighted by Crippen LogP contribution is 2.37. The van der Waals surface area contributed by atoms with Gasteiger partial charge in [-0.3, -0.25) is 4.98 Å². The Kier molecular flexibility index (Phi) is 3.58. The molecule has 0 bridgehead atoms. The molecule has 0 N–H and O–H groups in total. The van der Waals surface area contributed by atoms with Crippen LogP contribution in [-0.4, -0.2) is 4.98 Å². The number of fused-ring (bicyclic) bond motifs is 3. The summed E-state index contributed by atoms with van der Waals surface area (Å²) in [5, 5.41) is 2.36. The van der Waals surface area contributed by atoms with E-state index in [0.29, 0.717) is 0 Å². The molecule has 2 heteroatoms. The van der Waals surface area contributed by atoms with Crippen LogP contribution in [0.2, 0.25) is 0 Å². The van der Waals surface area contributed by atoms with Gasteiger partial charge >= 0.3 is 0 Å². The van der Waals surface area contributed by atoms with E-state index >= 15 is 0 Å². The van der Waals surface area contributed by atoms with Gasteiger partial charge < -0.3 is 4.42 Å². The van der Waals surface area contributed by atoms with E-state index in [1.807, 2.05) is 24.4 Å². The predicted molar refractivity (Wildman–Crippen MR) is 95.6 cm³/mol. The fourth-order valence-corrected chi connectivity index (χ4v) is 3.14. The van der Waals surface area contributed by atoms with Gasteiger partial charge in [0.25, 0.3) is 0 Å². The van der Waals surface area contributed by atoms with Crippen LogP contribution in [-0.2, 0) is 6.42 Å². The highest BCUT2D eigenvalue weighted by molar-refractivity contribution is 6.12. The molecule has 2 nitrogen and oxygen atoms in total. The summed E-state index contributed by atoms with van der Waals surface area (Å²) in [6.45, 7) is 2.20. The maximum absolute atomic E-state index is 6.18. The van der Waals surface area contributed by atoms with Gasteiger partial charge in [0.1, 0.15) is 5.58 Å². The molecule has 4 aromatic rings. The molecule has 0 fully saturated rings. The van der Waals surface area contributed by atoms with E-state index in [-0.39, 0.29) is 0 Å². The number of furan rings is 1. The molecular weight excluding hydrogens is 282 g/mol. The molecule has 0 saturated carbocycles. The zero-order valence-electron chi connectivity index (χ0n) is 13.3. The van der Waals surface area contributed by atoms with Gasteiger partial charge in [0, 0.05) is 22.5 Å². The van der Waals surface area contributed by atoms with E-state index in [1.165, 1.54) is 16.3 Å². The smallest absolute Gasteiger partial charge is 0.157 e. The molecule has 2 aromatic heterocycles. The molecule has 0 saturated heterocycles. The summed E-state index contributed by atoms with van der Waals surface area (Å²) < 4.78 is 6.18. The van der Waals surface area contributed by atoms with Crippen molar-refractivity contribution in [1.82, 2.24) is 4.98 Å². The van der Waals surface area contributed by atoms with Crippen LogP contribution in [0, 0.1) is 0 Å². The van der Waals surface area contributed by atoms with Crippen LogP contribution >= 0.6 is 0 Å². The summed E-state index contributed by atoms with van der Waals surface area (Å²) in [5.74, 6) is 0. The first kappa shape index (κ1) is 14.0. The Hall–Kier alpha value is -2.61. The summed E-state index contributed by atoms with van der Waals surface area (Å²) in [6, 6.07) is 18.7. The molecule has 2 heterocycles. The standard InChI is InChI=1S/C21H19NO/c1-2-3-12-18-21-20(16-11-7-8-13-19(16)23-21)17(14-22-18)15-9-5-4-6-10-15/h4-11,13-14H,2-3,12H2,1H3. The highest BCUT2D eigenvalue weighted by Gasteiger charge is 2.16. The number of nitrogens with zero attached hydrogens (tertiary/aromatic N) is 1. The van der Waals surface area contributed by atoms with E-state index in [2.05, 4.69) is 43.3 Å². The number of aryl methyl sites for hydroxylation is 1. The van der Waals surface area contributed by atoms with Gasteiger partial charge in [-0.25, -0.2) is 0 Å². The van der Waals surface area contributed by atoms with Crippen LogP contribution in [0.5, 0.6) is 0 Å². The van der Waals surface area contributed by atoms with Crippen LogP contribution in [0.4, 0.5) is 0 Å². The average Bonchev–Trinajstić information content (AvgIpc) is 3.00. The number of benzene rings is 2. The second-order valence-corrected chi connectivity index (χ2v) is 5.89. The molecule has 0 aliphatic carbocycles. The van der Waals surface area contributed by atoms with Crippen molar-refractivity contribution >= 4 is 21.9 Å². The fourth-order valence-electron chi connectivity index (χ4n) is 3.14. The number of pyridine rings is 1. The second kappa shape index (κ2) is 5.88. The van der Waals surface area contributed by atoms with Crippen molar-refractivity contribution in [2.24, 2.45) is 0 Å². The molecule has 0 unspecified atom stereocenters. The Morgan fingerprint density at radius 1 is 0.957 bits per heavy atom. The largest absolute Gasteiger partial charge is 0.454 e. The SMILES string of the molecule is CCCCc1ncc(-c2ccccc2)c2c1oc1ccccc12. The number of hydrogen-bond acceptors (Lipinski definition) is 2. The lowest BCUT2D eigenvalue weighted by molar-refractivity contribution is 0.653. The van der Waals surface area contributed by atoms with E-state index in [4.69, 9.17) is 9.40 Å². The predicted octanol–water partition coefficient (Wildman–Crippen LogP) is 5.99. The van der Waals surface area contributed by atoms with Crippen molar-refractivity contribution in [2.75, 3.05) is 0 Å². The third-order valence-corrected chi connectivity index (χ3v) is 4.33. The normalized spacial score (nSPS) is 11.3. The van der Waals surface area contributed by atoms with E-state index in [1.54, 1.807) is 0 Å². The first-order valence-electron chi connectivity index (χ1n) is 8.23. The molecule has 0 radical (unpaired) electrons. The molecule has 0 aliphatic heterocycles. The average molecular weight is 301 g/mol. The van der Waals surface area contributed by atoms with Gasteiger partial charge in [-0.1, -0.05) is 61.9 Å². The van der Waals surface area contributed by atoms with Crippen molar-refractivity contribution in [3.63, 3.8) is 0 Å². The monoisotopic (exact) mass is 301 g/mol. The summed E-state index contributed by atoms with van der Waals surface area (Å²) in [6.07, 6.45) is 5.25. The Balaban J connectivity index is 2.04. The van der Waals surface area contributed by atoms with Gasteiger partial charge in [-0.2, -0.15) is 0 Å². The summed E-state index contributed by atoms with van der Waals surface area (Å²) in [7, 11) is 0. The molecule has 0 spiro atoms. The zero-order chi connectivity index (χ0) is 15.6. The molecule has 4 rings (SSSR count). The van der Waals surface area contributed by atoms with Gasteiger partial charge in [0.2, 0.25) is 0 Å². The fraction of sp³-hybridized carbons (Fsp3) is 0.190. The number of para-hydroxylation sites is 1. The topological polar surface area (TPSA) is 26.0 Å². The van der Waals surface area contributed by atoms with Gasteiger partial charge in [-0.15, -0.1) is 0 Å². The van der Waals surface area contributed by atoms with E-state index in [9.17, 15) is 0 Å². The number of aromatic nitrogens is 1. The van der Waals surface area contributed by atoms with Crippen LogP contribution in [0.1, 0.15) is 25.5 Å². The Bertz CT molecular complexity index is 954. The Morgan fingerprint density at radius 2 is 1.74 bits per heavy atom. The molecule has 23 heavy (non-hydrogen) atoms. The molecular formula is C21H19NO. The summed E-state index contributed by atoms with van der Waals surface area (Å²) in [4.78, 5) is 4.72. The van der Waals surface area contributed by atoms with Crippen LogP contribution in [0.15, 0.2) is 65.2 Å². The Morgan fingerprint density at radius 3 is 2.57 bits per heavy atom. The molecule has 2 aromatic carbocycles. The van der Waals surface area contributed by atoms with Crippen LogP contribution in [0.25, 0.3) is 33.1 Å². The summed E-state index contributed by atoms with van der Waals surface area (Å²) >= 11 is 0. The lowest BCUT2D eigenvalue weighted by Crippen LogP contribution is -1.92. The minimum absolute atomic E-state index is 0.936. The van der Waals surface area contributed by atoms with Gasteiger partial charge in [-0.05, 0) is 24.5 Å². The quantitative estimate of drug-likeness (QED) is 0.462. The van der Waals surface area contributed by atoms with Gasteiger partial charge in [0.15, 0.2) is 5.58 Å². The summed E-state index contributed by atoms with van der Waals surface area (Å²) in [5.41, 5.74) is 5.27. The molecule has 0 atom stereocenters. The maximum atomic E-state index is 6.18. The van der Waals surface area contributed by atoms with Crippen molar-refractivity contribution in [3.05, 3.63) is 66.5 Å². The lowest BCUT2D eigenvalue weighted by Gasteiger charge is -2.06. The molecule has 0 aliphatic rings. The Labute approximate surface area is 135 Å². The van der Waals surface area contributed by atoms with Crippen LogP contribution < -0.4 is 0 Å². The number of unbranched alkanes of at least 4 members (excludes halogenated alkanes) is 1. The first-order chi connectivity index (χ1) is 11.4. The minimum Gasteiger partial charge on any atom is -0.454 e.